The summed E-state index contributed by atoms with van der Waals surface area (Å²) in [5, 5.41) is 2.55. The second-order valence-electron chi connectivity index (χ2n) is 5.99. The van der Waals surface area contributed by atoms with Gasteiger partial charge in [-0.1, -0.05) is 38.1 Å². The molecule has 0 amide bonds. The van der Waals surface area contributed by atoms with Crippen LogP contribution in [0.15, 0.2) is 40.8 Å². The number of nitrogens with zero attached hydrogens (tertiary/aromatic N) is 2. The lowest BCUT2D eigenvalue weighted by molar-refractivity contribution is -0.117. The molecule has 4 nitrogen and oxygen atoms in total. The molecule has 0 saturated heterocycles. The van der Waals surface area contributed by atoms with Crippen LogP contribution in [0.4, 0.5) is 0 Å². The van der Waals surface area contributed by atoms with E-state index in [1.54, 1.807) is 0 Å². The first-order chi connectivity index (χ1) is 11.0. The Bertz CT molecular complexity index is 920. The number of Topliss-reactive ketones (excluding diaryl/α,β-unsaturated/α-hetero) is 1. The molecule has 0 atom stereocenters. The minimum absolute atomic E-state index is 0.0589. The average molecular weight is 326 g/mol. The lowest BCUT2D eigenvalue weighted by atomic mass is 9.99. The maximum absolute atomic E-state index is 12.7. The molecule has 3 aromatic rings. The smallest absolute Gasteiger partial charge is 0.263 e. The van der Waals surface area contributed by atoms with Gasteiger partial charge >= 0.3 is 0 Å². The van der Waals surface area contributed by atoms with Crippen molar-refractivity contribution in [3.05, 3.63) is 51.9 Å². The molecule has 118 valence electrons. The Labute approximate surface area is 138 Å². The van der Waals surface area contributed by atoms with Gasteiger partial charge in [-0.15, -0.1) is 11.3 Å². The lowest BCUT2D eigenvalue weighted by Crippen LogP contribution is -2.23. The monoisotopic (exact) mass is 326 g/mol. The van der Waals surface area contributed by atoms with E-state index in [2.05, 4.69) is 31.0 Å². The lowest BCUT2D eigenvalue weighted by Gasteiger charge is -2.07. The van der Waals surface area contributed by atoms with Gasteiger partial charge in [0.15, 0.2) is 0 Å². The first-order valence-electron chi connectivity index (χ1n) is 7.53. The highest BCUT2D eigenvalue weighted by atomic mass is 32.1. The van der Waals surface area contributed by atoms with Gasteiger partial charge < -0.3 is 0 Å². The largest absolute Gasteiger partial charge is 0.298 e. The van der Waals surface area contributed by atoms with Crippen molar-refractivity contribution >= 4 is 27.3 Å². The SMILES string of the molecule is CC(=O)Cn1cnc2scc(-c3ccc(C(C)C)cc3)c2c1=O. The molecule has 2 heterocycles. The number of benzene rings is 1. The number of hydrogen-bond acceptors (Lipinski definition) is 4. The first-order valence-corrected chi connectivity index (χ1v) is 8.41. The van der Waals surface area contributed by atoms with E-state index in [4.69, 9.17) is 0 Å². The van der Waals surface area contributed by atoms with Crippen molar-refractivity contribution in [1.82, 2.24) is 9.55 Å². The zero-order valence-corrected chi connectivity index (χ0v) is 14.2. The maximum atomic E-state index is 12.7. The third-order valence-electron chi connectivity index (χ3n) is 3.84. The number of carbonyl (C=O) groups is 1. The Hall–Kier alpha value is -2.27. The van der Waals surface area contributed by atoms with Crippen molar-refractivity contribution in [3.63, 3.8) is 0 Å². The number of fused-ring (bicyclic) bond motifs is 1. The number of carbonyl (C=O) groups excluding carboxylic acids is 1. The highest BCUT2D eigenvalue weighted by Crippen LogP contribution is 2.31. The van der Waals surface area contributed by atoms with Crippen LogP contribution in [-0.2, 0) is 11.3 Å². The van der Waals surface area contributed by atoms with Gasteiger partial charge in [0.2, 0.25) is 0 Å². The molecule has 0 saturated carbocycles. The standard InChI is InChI=1S/C18H18N2O2S/c1-11(2)13-4-6-14(7-5-13)15-9-23-17-16(15)18(22)20(10-19-17)8-12(3)21/h4-7,9-11H,8H2,1-3H3. The van der Waals surface area contributed by atoms with E-state index < -0.39 is 0 Å². The molecule has 0 radical (unpaired) electrons. The summed E-state index contributed by atoms with van der Waals surface area (Å²) in [6.45, 7) is 5.83. The van der Waals surface area contributed by atoms with Crippen LogP contribution in [0.5, 0.6) is 0 Å². The normalized spacial score (nSPS) is 11.3. The molecule has 0 unspecified atom stereocenters. The van der Waals surface area contributed by atoms with E-state index in [0.29, 0.717) is 16.1 Å². The quantitative estimate of drug-likeness (QED) is 0.732. The molecule has 0 fully saturated rings. The molecule has 0 aliphatic rings. The molecule has 23 heavy (non-hydrogen) atoms. The summed E-state index contributed by atoms with van der Waals surface area (Å²) in [5.41, 5.74) is 2.99. The van der Waals surface area contributed by atoms with E-state index >= 15 is 0 Å². The van der Waals surface area contributed by atoms with Crippen molar-refractivity contribution in [2.75, 3.05) is 0 Å². The summed E-state index contributed by atoms with van der Waals surface area (Å²) >= 11 is 1.45. The van der Waals surface area contributed by atoms with Crippen LogP contribution < -0.4 is 5.56 Å². The fraction of sp³-hybridized carbons (Fsp3) is 0.278. The molecule has 0 N–H and O–H groups in total. The van der Waals surface area contributed by atoms with Crippen LogP contribution in [-0.4, -0.2) is 15.3 Å². The van der Waals surface area contributed by atoms with Crippen LogP contribution in [0, 0.1) is 0 Å². The topological polar surface area (TPSA) is 52.0 Å². The third kappa shape index (κ3) is 2.97. The third-order valence-corrected chi connectivity index (χ3v) is 4.73. The highest BCUT2D eigenvalue weighted by Gasteiger charge is 2.14. The van der Waals surface area contributed by atoms with Crippen molar-refractivity contribution in [2.45, 2.75) is 33.2 Å². The maximum Gasteiger partial charge on any atom is 0.263 e. The van der Waals surface area contributed by atoms with Crippen LogP contribution in [0.25, 0.3) is 21.3 Å². The minimum atomic E-state index is -0.158. The van der Waals surface area contributed by atoms with Gasteiger partial charge in [0.1, 0.15) is 10.6 Å². The predicted molar refractivity (Wildman–Crippen MR) is 94.1 cm³/mol. The van der Waals surface area contributed by atoms with E-state index in [-0.39, 0.29) is 17.9 Å². The summed E-state index contributed by atoms with van der Waals surface area (Å²) < 4.78 is 1.38. The Morgan fingerprint density at radius 2 is 1.96 bits per heavy atom. The molecule has 1 aromatic carbocycles. The zero-order valence-electron chi connectivity index (χ0n) is 13.4. The molecular formula is C18H18N2O2S. The van der Waals surface area contributed by atoms with Gasteiger partial charge in [0, 0.05) is 10.9 Å². The number of hydrogen-bond donors (Lipinski definition) is 0. The summed E-state index contributed by atoms with van der Waals surface area (Å²) in [4.78, 5) is 29.0. The molecule has 0 aliphatic heterocycles. The first kappa shape index (κ1) is 15.6. The Balaban J connectivity index is 2.14. The van der Waals surface area contributed by atoms with Crippen molar-refractivity contribution in [2.24, 2.45) is 0 Å². The molecule has 0 bridgehead atoms. The summed E-state index contributed by atoms with van der Waals surface area (Å²) in [6, 6.07) is 8.26. The van der Waals surface area contributed by atoms with Gasteiger partial charge in [0.25, 0.3) is 5.56 Å². The van der Waals surface area contributed by atoms with E-state index in [0.717, 1.165) is 11.1 Å². The van der Waals surface area contributed by atoms with Crippen LogP contribution >= 0.6 is 11.3 Å². The molecule has 5 heteroatoms. The average Bonchev–Trinajstić information content (AvgIpc) is 2.94. The summed E-state index contributed by atoms with van der Waals surface area (Å²) in [5.74, 6) is 0.407. The minimum Gasteiger partial charge on any atom is -0.298 e. The van der Waals surface area contributed by atoms with Gasteiger partial charge in [-0.3, -0.25) is 14.2 Å². The number of thiophene rings is 1. The zero-order chi connectivity index (χ0) is 16.6. The van der Waals surface area contributed by atoms with E-state index in [1.807, 2.05) is 17.5 Å². The fourth-order valence-corrected chi connectivity index (χ4v) is 3.49. The summed E-state index contributed by atoms with van der Waals surface area (Å²) in [7, 11) is 0. The molecule has 2 aromatic heterocycles. The highest BCUT2D eigenvalue weighted by molar-refractivity contribution is 7.17. The van der Waals surface area contributed by atoms with Gasteiger partial charge in [0.05, 0.1) is 18.3 Å². The van der Waals surface area contributed by atoms with Gasteiger partial charge in [-0.2, -0.15) is 0 Å². The van der Waals surface area contributed by atoms with Crippen LogP contribution in [0.2, 0.25) is 0 Å². The van der Waals surface area contributed by atoms with E-state index in [1.165, 1.54) is 34.7 Å². The van der Waals surface area contributed by atoms with Crippen molar-refractivity contribution < 1.29 is 4.79 Å². The van der Waals surface area contributed by atoms with Crippen molar-refractivity contribution in [1.29, 1.82) is 0 Å². The Morgan fingerprint density at radius 3 is 2.57 bits per heavy atom. The number of aromatic nitrogens is 2. The van der Waals surface area contributed by atoms with Crippen LogP contribution in [0.3, 0.4) is 0 Å². The number of ketones is 1. The van der Waals surface area contributed by atoms with Crippen LogP contribution in [0.1, 0.15) is 32.3 Å². The van der Waals surface area contributed by atoms with Gasteiger partial charge in [-0.25, -0.2) is 4.98 Å². The number of rotatable bonds is 4. The molecule has 0 aliphatic carbocycles. The molecule has 3 rings (SSSR count). The van der Waals surface area contributed by atoms with Crippen molar-refractivity contribution in [3.8, 4) is 11.1 Å². The second-order valence-corrected chi connectivity index (χ2v) is 6.84. The Morgan fingerprint density at radius 1 is 1.26 bits per heavy atom. The predicted octanol–water partition coefficient (Wildman–Crippen LogP) is 3.84. The fourth-order valence-electron chi connectivity index (χ4n) is 2.58. The van der Waals surface area contributed by atoms with Gasteiger partial charge in [-0.05, 0) is 24.0 Å². The second kappa shape index (κ2) is 6.08. The summed E-state index contributed by atoms with van der Waals surface area (Å²) in [6.07, 6.45) is 1.45. The van der Waals surface area contributed by atoms with E-state index in [9.17, 15) is 9.59 Å². The molecular weight excluding hydrogens is 308 g/mol. The molecule has 0 spiro atoms. The Kier molecular flexibility index (Phi) is 4.13.